The van der Waals surface area contributed by atoms with Crippen molar-refractivity contribution < 1.29 is 4.79 Å². The maximum absolute atomic E-state index is 12.4. The van der Waals surface area contributed by atoms with Gasteiger partial charge < -0.3 is 5.32 Å². The van der Waals surface area contributed by atoms with Crippen molar-refractivity contribution in [3.05, 3.63) is 63.1 Å². The Morgan fingerprint density at radius 2 is 1.79 bits per heavy atom. The summed E-state index contributed by atoms with van der Waals surface area (Å²) in [6, 6.07) is 13.3. The van der Waals surface area contributed by atoms with Gasteiger partial charge in [0.2, 0.25) is 0 Å². The lowest BCUT2D eigenvalue weighted by molar-refractivity contribution is 0.102. The van der Waals surface area contributed by atoms with Gasteiger partial charge in [0.15, 0.2) is 0 Å². The Balaban J connectivity index is 1.63. The summed E-state index contributed by atoms with van der Waals surface area (Å²) in [7, 11) is 0. The van der Waals surface area contributed by atoms with Gasteiger partial charge in [0, 0.05) is 16.7 Å². The number of rotatable bonds is 4. The Bertz CT molecular complexity index is 712. The average molecular weight is 408 g/mol. The second-order valence-electron chi connectivity index (χ2n) is 6.11. The Kier molecular flexibility index (Phi) is 5.93. The Morgan fingerprint density at radius 3 is 2.50 bits per heavy atom. The lowest BCUT2D eigenvalue weighted by atomic mass is 10.1. The molecular formula is C19H20BrClN2O. The summed E-state index contributed by atoms with van der Waals surface area (Å²) in [4.78, 5) is 14.8. The molecule has 0 spiro atoms. The highest BCUT2D eigenvalue weighted by Gasteiger charge is 2.12. The van der Waals surface area contributed by atoms with E-state index in [0.717, 1.165) is 16.7 Å². The summed E-state index contributed by atoms with van der Waals surface area (Å²) in [6.07, 6.45) is 3.93. The highest BCUT2D eigenvalue weighted by atomic mass is 79.9. The molecule has 1 heterocycles. The van der Waals surface area contributed by atoms with Gasteiger partial charge in [-0.2, -0.15) is 0 Å². The van der Waals surface area contributed by atoms with Gasteiger partial charge in [0.1, 0.15) is 0 Å². The van der Waals surface area contributed by atoms with Crippen molar-refractivity contribution in [2.45, 2.75) is 25.8 Å². The molecule has 1 saturated heterocycles. The normalized spacial score (nSPS) is 15.2. The Labute approximate surface area is 156 Å². The molecule has 24 heavy (non-hydrogen) atoms. The SMILES string of the molecule is O=C(Nc1ccc(CN2CCCCC2)cc1)c1cc(Br)ccc1Cl. The number of hydrogen-bond donors (Lipinski definition) is 1. The van der Waals surface area contributed by atoms with Crippen LogP contribution in [-0.2, 0) is 6.54 Å². The minimum absolute atomic E-state index is 0.204. The third-order valence-electron chi connectivity index (χ3n) is 4.24. The van der Waals surface area contributed by atoms with Crippen LogP contribution in [0.4, 0.5) is 5.69 Å². The van der Waals surface area contributed by atoms with Crippen LogP contribution >= 0.6 is 27.5 Å². The van der Waals surface area contributed by atoms with Crippen molar-refractivity contribution in [3.63, 3.8) is 0 Å². The smallest absolute Gasteiger partial charge is 0.257 e. The Morgan fingerprint density at radius 1 is 1.08 bits per heavy atom. The van der Waals surface area contributed by atoms with Gasteiger partial charge >= 0.3 is 0 Å². The first-order chi connectivity index (χ1) is 11.6. The summed E-state index contributed by atoms with van der Waals surface area (Å²) >= 11 is 9.47. The van der Waals surface area contributed by atoms with Gasteiger partial charge in [-0.3, -0.25) is 9.69 Å². The van der Waals surface area contributed by atoms with Gasteiger partial charge in [0.05, 0.1) is 10.6 Å². The van der Waals surface area contributed by atoms with Gasteiger partial charge in [-0.05, 0) is 61.8 Å². The summed E-state index contributed by atoms with van der Waals surface area (Å²) in [6.45, 7) is 3.34. The van der Waals surface area contributed by atoms with Crippen molar-refractivity contribution >= 4 is 39.1 Å². The first-order valence-electron chi connectivity index (χ1n) is 8.19. The van der Waals surface area contributed by atoms with E-state index < -0.39 is 0 Å². The second kappa shape index (κ2) is 8.15. The average Bonchev–Trinajstić information content (AvgIpc) is 2.59. The fraction of sp³-hybridized carbons (Fsp3) is 0.316. The molecule has 0 radical (unpaired) electrons. The van der Waals surface area contributed by atoms with E-state index in [0.29, 0.717) is 10.6 Å². The highest BCUT2D eigenvalue weighted by Crippen LogP contribution is 2.22. The fourth-order valence-corrected chi connectivity index (χ4v) is 3.50. The van der Waals surface area contributed by atoms with E-state index in [-0.39, 0.29) is 5.91 Å². The number of piperidine rings is 1. The molecule has 1 fully saturated rings. The molecule has 1 aliphatic heterocycles. The molecule has 2 aromatic rings. The zero-order valence-electron chi connectivity index (χ0n) is 13.4. The van der Waals surface area contributed by atoms with E-state index in [1.165, 1.54) is 37.9 Å². The van der Waals surface area contributed by atoms with E-state index in [1.54, 1.807) is 12.1 Å². The van der Waals surface area contributed by atoms with Gasteiger partial charge in [-0.25, -0.2) is 0 Å². The van der Waals surface area contributed by atoms with E-state index in [2.05, 4.69) is 38.3 Å². The van der Waals surface area contributed by atoms with Crippen LogP contribution in [-0.4, -0.2) is 23.9 Å². The first kappa shape index (κ1) is 17.5. The van der Waals surface area contributed by atoms with Gasteiger partial charge in [0.25, 0.3) is 5.91 Å². The van der Waals surface area contributed by atoms with Crippen LogP contribution in [0.3, 0.4) is 0 Å². The van der Waals surface area contributed by atoms with Crippen molar-refractivity contribution in [2.24, 2.45) is 0 Å². The fourth-order valence-electron chi connectivity index (χ4n) is 2.94. The molecule has 0 aliphatic carbocycles. The molecule has 126 valence electrons. The van der Waals surface area contributed by atoms with Crippen molar-refractivity contribution in [2.75, 3.05) is 18.4 Å². The molecule has 0 atom stereocenters. The third kappa shape index (κ3) is 4.59. The van der Waals surface area contributed by atoms with Crippen molar-refractivity contribution in [1.82, 2.24) is 4.90 Å². The molecule has 0 unspecified atom stereocenters. The molecule has 1 amide bonds. The number of likely N-dealkylation sites (tertiary alicyclic amines) is 1. The summed E-state index contributed by atoms with van der Waals surface area (Å²) < 4.78 is 0.828. The van der Waals surface area contributed by atoms with Crippen LogP contribution in [0.5, 0.6) is 0 Å². The number of amides is 1. The quantitative estimate of drug-likeness (QED) is 0.742. The monoisotopic (exact) mass is 406 g/mol. The molecule has 1 N–H and O–H groups in total. The number of carbonyl (C=O) groups excluding carboxylic acids is 1. The Hall–Kier alpha value is -1.36. The van der Waals surface area contributed by atoms with Crippen LogP contribution in [0.15, 0.2) is 46.9 Å². The van der Waals surface area contributed by atoms with Crippen LogP contribution < -0.4 is 5.32 Å². The highest BCUT2D eigenvalue weighted by molar-refractivity contribution is 9.10. The summed E-state index contributed by atoms with van der Waals surface area (Å²) in [5, 5.41) is 3.34. The van der Waals surface area contributed by atoms with E-state index in [1.807, 2.05) is 18.2 Å². The topological polar surface area (TPSA) is 32.3 Å². The zero-order chi connectivity index (χ0) is 16.9. The largest absolute Gasteiger partial charge is 0.322 e. The number of nitrogens with one attached hydrogen (secondary N) is 1. The number of hydrogen-bond acceptors (Lipinski definition) is 2. The third-order valence-corrected chi connectivity index (χ3v) is 5.06. The maximum Gasteiger partial charge on any atom is 0.257 e. The summed E-state index contributed by atoms with van der Waals surface area (Å²) in [5.74, 6) is -0.204. The van der Waals surface area contributed by atoms with E-state index in [9.17, 15) is 4.79 Å². The predicted molar refractivity (Wildman–Crippen MR) is 103 cm³/mol. The first-order valence-corrected chi connectivity index (χ1v) is 9.36. The number of anilines is 1. The molecule has 5 heteroatoms. The molecular weight excluding hydrogens is 388 g/mol. The molecule has 3 rings (SSSR count). The van der Waals surface area contributed by atoms with Gasteiger partial charge in [-0.15, -0.1) is 0 Å². The molecule has 0 saturated carbocycles. The molecule has 0 bridgehead atoms. The minimum atomic E-state index is -0.204. The van der Waals surface area contributed by atoms with Crippen molar-refractivity contribution in [1.29, 1.82) is 0 Å². The van der Waals surface area contributed by atoms with Gasteiger partial charge in [-0.1, -0.05) is 46.1 Å². The zero-order valence-corrected chi connectivity index (χ0v) is 15.7. The number of benzene rings is 2. The lowest BCUT2D eigenvalue weighted by Gasteiger charge is -2.26. The maximum atomic E-state index is 12.4. The van der Waals surface area contributed by atoms with E-state index in [4.69, 9.17) is 11.6 Å². The van der Waals surface area contributed by atoms with E-state index >= 15 is 0 Å². The van der Waals surface area contributed by atoms with Crippen LogP contribution in [0.1, 0.15) is 35.2 Å². The molecule has 0 aromatic heterocycles. The molecule has 2 aromatic carbocycles. The lowest BCUT2D eigenvalue weighted by Crippen LogP contribution is -2.29. The standard InChI is InChI=1S/C19H20BrClN2O/c20-15-6-9-18(21)17(12-15)19(24)22-16-7-4-14(5-8-16)13-23-10-2-1-3-11-23/h4-9,12H,1-3,10-11,13H2,(H,22,24). The molecule has 1 aliphatic rings. The number of nitrogens with zero attached hydrogens (tertiary/aromatic N) is 1. The predicted octanol–water partition coefficient (Wildman–Crippen LogP) is 5.34. The summed E-state index contributed by atoms with van der Waals surface area (Å²) in [5.41, 5.74) is 2.51. The number of carbonyl (C=O) groups is 1. The number of halogens is 2. The minimum Gasteiger partial charge on any atom is -0.322 e. The van der Waals surface area contributed by atoms with Crippen LogP contribution in [0, 0.1) is 0 Å². The van der Waals surface area contributed by atoms with Crippen LogP contribution in [0.25, 0.3) is 0 Å². The van der Waals surface area contributed by atoms with Crippen LogP contribution in [0.2, 0.25) is 5.02 Å². The second-order valence-corrected chi connectivity index (χ2v) is 7.43. The van der Waals surface area contributed by atoms with Crippen molar-refractivity contribution in [3.8, 4) is 0 Å². The molecule has 3 nitrogen and oxygen atoms in total.